The van der Waals surface area contributed by atoms with Gasteiger partial charge in [0.1, 0.15) is 6.29 Å². The van der Waals surface area contributed by atoms with Crippen LogP contribution in [-0.2, 0) is 9.22 Å². The van der Waals surface area contributed by atoms with E-state index in [9.17, 15) is 4.79 Å². The maximum Gasteiger partial charge on any atom is 0.192 e. The molecule has 2 rings (SSSR count). The third-order valence-electron chi connectivity index (χ3n) is 8.22. The van der Waals surface area contributed by atoms with E-state index in [1.807, 2.05) is 0 Å². The van der Waals surface area contributed by atoms with Crippen LogP contribution in [-0.4, -0.2) is 20.7 Å². The van der Waals surface area contributed by atoms with Crippen LogP contribution < -0.4 is 0 Å². The maximum absolute atomic E-state index is 11.9. The van der Waals surface area contributed by atoms with Crippen LogP contribution in [0.1, 0.15) is 66.7 Å². The highest BCUT2D eigenvalue weighted by molar-refractivity contribution is 6.73. The molecule has 148 valence electrons. The van der Waals surface area contributed by atoms with Crippen molar-refractivity contribution in [2.45, 2.75) is 91.0 Å². The van der Waals surface area contributed by atoms with Gasteiger partial charge in [-0.1, -0.05) is 52.8 Å². The summed E-state index contributed by atoms with van der Waals surface area (Å²) in [5.41, 5.74) is 1.22. The SMILES string of the molecule is C=CC[C@@]1(C)[C@@H]2CCC(=C)[C@@H](C=O)[C@@]2(C)CC[C@H]1O[Si](CC)(CC)CC. The number of aldehydes is 1. The molecular weight excluding hydrogens is 336 g/mol. The minimum atomic E-state index is -1.66. The molecule has 0 aromatic rings. The van der Waals surface area contributed by atoms with Crippen LogP contribution in [0.3, 0.4) is 0 Å². The second kappa shape index (κ2) is 8.14. The molecule has 3 heteroatoms. The van der Waals surface area contributed by atoms with Crippen molar-refractivity contribution in [1.82, 2.24) is 0 Å². The van der Waals surface area contributed by atoms with Gasteiger partial charge in [0.25, 0.3) is 0 Å². The Morgan fingerprint density at radius 1 is 1.19 bits per heavy atom. The number of fused-ring (bicyclic) bond motifs is 1. The lowest BCUT2D eigenvalue weighted by atomic mass is 9.46. The van der Waals surface area contributed by atoms with Gasteiger partial charge in [-0.15, -0.1) is 6.58 Å². The Kier molecular flexibility index (Phi) is 6.77. The van der Waals surface area contributed by atoms with Crippen LogP contribution in [0.15, 0.2) is 24.8 Å². The molecule has 0 amide bonds. The van der Waals surface area contributed by atoms with E-state index in [0.29, 0.717) is 12.0 Å². The van der Waals surface area contributed by atoms with Crippen molar-refractivity contribution in [1.29, 1.82) is 0 Å². The van der Waals surface area contributed by atoms with Crippen molar-refractivity contribution in [2.75, 3.05) is 0 Å². The van der Waals surface area contributed by atoms with Crippen molar-refractivity contribution in [3.8, 4) is 0 Å². The highest BCUT2D eigenvalue weighted by Crippen LogP contribution is 2.62. The van der Waals surface area contributed by atoms with E-state index >= 15 is 0 Å². The van der Waals surface area contributed by atoms with Crippen LogP contribution >= 0.6 is 0 Å². The lowest BCUT2D eigenvalue weighted by Crippen LogP contribution is -2.59. The first-order valence-corrected chi connectivity index (χ1v) is 13.2. The third kappa shape index (κ3) is 3.42. The van der Waals surface area contributed by atoms with Crippen LogP contribution in [0.5, 0.6) is 0 Å². The standard InChI is InChI=1S/C23H40O2Si/c1-8-15-23(7)20-13-12-18(5)19(17-24)22(20,6)16-14-21(23)25-26(9-2,10-3)11-4/h8,17,19-21H,1,5,9-16H2,2-4,6-7H3/t19-,20-,21-,22-,23+/m1/s1. The summed E-state index contributed by atoms with van der Waals surface area (Å²) in [4.78, 5) is 11.9. The van der Waals surface area contributed by atoms with Crippen molar-refractivity contribution < 1.29 is 9.22 Å². The Morgan fingerprint density at radius 2 is 1.81 bits per heavy atom. The summed E-state index contributed by atoms with van der Waals surface area (Å²) in [6.45, 7) is 20.0. The van der Waals surface area contributed by atoms with Gasteiger partial charge >= 0.3 is 0 Å². The fraction of sp³-hybridized carbons (Fsp3) is 0.783. The van der Waals surface area contributed by atoms with Crippen LogP contribution in [0.25, 0.3) is 0 Å². The van der Waals surface area contributed by atoms with E-state index in [2.05, 4.69) is 53.9 Å². The molecule has 5 atom stereocenters. The van der Waals surface area contributed by atoms with E-state index in [1.165, 1.54) is 24.4 Å². The highest BCUT2D eigenvalue weighted by atomic mass is 28.4. The second-order valence-electron chi connectivity index (χ2n) is 9.26. The van der Waals surface area contributed by atoms with Crippen LogP contribution in [0.4, 0.5) is 0 Å². The number of rotatable bonds is 8. The highest BCUT2D eigenvalue weighted by Gasteiger charge is 2.58. The Morgan fingerprint density at radius 3 is 2.31 bits per heavy atom. The molecule has 2 nitrogen and oxygen atoms in total. The normalized spacial score (nSPS) is 37.9. The van der Waals surface area contributed by atoms with Gasteiger partial charge in [0, 0.05) is 5.92 Å². The summed E-state index contributed by atoms with van der Waals surface area (Å²) in [7, 11) is -1.66. The van der Waals surface area contributed by atoms with Gasteiger partial charge in [-0.05, 0) is 67.0 Å². The zero-order valence-corrected chi connectivity index (χ0v) is 18.8. The molecule has 2 saturated carbocycles. The first-order valence-electron chi connectivity index (χ1n) is 10.7. The molecule has 0 heterocycles. The van der Waals surface area contributed by atoms with Gasteiger partial charge in [-0.25, -0.2) is 0 Å². The van der Waals surface area contributed by atoms with Crippen molar-refractivity contribution >= 4 is 14.6 Å². The van der Waals surface area contributed by atoms with E-state index in [1.54, 1.807) is 0 Å². The van der Waals surface area contributed by atoms with Gasteiger partial charge in [0.2, 0.25) is 0 Å². The first kappa shape index (κ1) is 21.6. The Balaban J connectivity index is 2.42. The Bertz CT molecular complexity index is 530. The zero-order valence-electron chi connectivity index (χ0n) is 17.8. The number of hydrogen-bond donors (Lipinski definition) is 0. The van der Waals surface area contributed by atoms with Crippen molar-refractivity contribution in [2.24, 2.45) is 22.7 Å². The minimum absolute atomic E-state index is 0.00290. The van der Waals surface area contributed by atoms with Gasteiger partial charge in [-0.3, -0.25) is 0 Å². The molecule has 2 aliphatic rings. The topological polar surface area (TPSA) is 26.3 Å². The average molecular weight is 377 g/mol. The maximum atomic E-state index is 11.9. The molecule has 0 saturated heterocycles. The predicted octanol–water partition coefficient (Wildman–Crippen LogP) is 6.54. The average Bonchev–Trinajstić information content (AvgIpc) is 2.62. The Labute approximate surface area is 162 Å². The minimum Gasteiger partial charge on any atom is -0.413 e. The fourth-order valence-electron chi connectivity index (χ4n) is 6.24. The van der Waals surface area contributed by atoms with Crippen molar-refractivity contribution in [3.05, 3.63) is 24.8 Å². The Hall–Kier alpha value is -0.673. The summed E-state index contributed by atoms with van der Waals surface area (Å²) in [6, 6.07) is 3.57. The number of carbonyl (C=O) groups is 1. The van der Waals surface area contributed by atoms with Crippen molar-refractivity contribution in [3.63, 3.8) is 0 Å². The molecule has 0 aromatic heterocycles. The molecule has 0 bridgehead atoms. The monoisotopic (exact) mass is 376 g/mol. The van der Waals surface area contributed by atoms with Gasteiger partial charge in [0.05, 0.1) is 6.10 Å². The lowest BCUT2D eigenvalue weighted by Gasteiger charge is -2.61. The smallest absolute Gasteiger partial charge is 0.192 e. The summed E-state index contributed by atoms with van der Waals surface area (Å²) in [5, 5.41) is 0. The first-order chi connectivity index (χ1) is 12.3. The van der Waals surface area contributed by atoms with E-state index in [4.69, 9.17) is 4.43 Å². The largest absolute Gasteiger partial charge is 0.413 e. The molecule has 2 fully saturated rings. The lowest BCUT2D eigenvalue weighted by molar-refractivity contribution is -0.138. The number of carbonyl (C=O) groups excluding carboxylic acids is 1. The van der Waals surface area contributed by atoms with E-state index in [-0.39, 0.29) is 16.7 Å². The molecule has 26 heavy (non-hydrogen) atoms. The fourth-order valence-corrected chi connectivity index (χ4v) is 9.23. The molecule has 0 aromatic carbocycles. The third-order valence-corrected chi connectivity index (χ3v) is 12.9. The predicted molar refractivity (Wildman–Crippen MR) is 114 cm³/mol. The summed E-state index contributed by atoms with van der Waals surface area (Å²) in [6.07, 6.45) is 8.75. The van der Waals surface area contributed by atoms with Crippen LogP contribution in [0, 0.1) is 22.7 Å². The molecular formula is C23H40O2Si. The number of hydrogen-bond acceptors (Lipinski definition) is 2. The van der Waals surface area contributed by atoms with Gasteiger partial charge in [-0.2, -0.15) is 0 Å². The second-order valence-corrected chi connectivity index (χ2v) is 14.0. The molecule has 0 unspecified atom stereocenters. The quantitative estimate of drug-likeness (QED) is 0.273. The summed E-state index contributed by atoms with van der Waals surface area (Å²) in [5.74, 6) is 0.488. The molecule has 0 spiro atoms. The van der Waals surface area contributed by atoms with Gasteiger partial charge in [0.15, 0.2) is 8.32 Å². The van der Waals surface area contributed by atoms with E-state index < -0.39 is 8.32 Å². The van der Waals surface area contributed by atoms with Crippen LogP contribution in [0.2, 0.25) is 18.1 Å². The zero-order chi connectivity index (χ0) is 19.6. The summed E-state index contributed by atoms with van der Waals surface area (Å²) < 4.78 is 7.06. The van der Waals surface area contributed by atoms with E-state index in [0.717, 1.165) is 37.7 Å². The molecule has 0 N–H and O–H groups in total. The molecule has 0 aliphatic heterocycles. The summed E-state index contributed by atoms with van der Waals surface area (Å²) >= 11 is 0. The molecule has 0 radical (unpaired) electrons. The van der Waals surface area contributed by atoms with Gasteiger partial charge < -0.3 is 9.22 Å². The molecule has 2 aliphatic carbocycles. The number of allylic oxidation sites excluding steroid dienone is 2.